The van der Waals surface area contributed by atoms with Crippen molar-refractivity contribution in [2.24, 2.45) is 0 Å². The highest BCUT2D eigenvalue weighted by Crippen LogP contribution is 2.27. The third-order valence-electron chi connectivity index (χ3n) is 3.53. The summed E-state index contributed by atoms with van der Waals surface area (Å²) in [7, 11) is 0. The van der Waals surface area contributed by atoms with Crippen molar-refractivity contribution in [1.29, 1.82) is 0 Å². The second kappa shape index (κ2) is 6.15. The molecule has 2 aromatic rings. The van der Waals surface area contributed by atoms with Crippen molar-refractivity contribution in [3.63, 3.8) is 0 Å². The molecule has 1 aromatic carbocycles. The van der Waals surface area contributed by atoms with Gasteiger partial charge in [0.2, 0.25) is 0 Å². The third kappa shape index (κ3) is 3.33. The molecule has 0 aliphatic heterocycles. The van der Waals surface area contributed by atoms with Gasteiger partial charge in [-0.25, -0.2) is 4.98 Å². The number of pyridine rings is 1. The molecule has 0 saturated carbocycles. The van der Waals surface area contributed by atoms with Gasteiger partial charge in [-0.3, -0.25) is 0 Å². The van der Waals surface area contributed by atoms with Crippen molar-refractivity contribution in [2.45, 2.75) is 33.7 Å². The SMILES string of the molecule is Cc1cc(C)c(C(C)Nc2cnc(Cl)c(Br)c2)cc1C. The average molecular weight is 354 g/mol. The molecule has 1 atom stereocenters. The van der Waals surface area contributed by atoms with E-state index in [2.05, 4.69) is 66.1 Å². The summed E-state index contributed by atoms with van der Waals surface area (Å²) in [5.74, 6) is 0. The lowest BCUT2D eigenvalue weighted by atomic mass is 9.96. The molecule has 0 aliphatic carbocycles. The van der Waals surface area contributed by atoms with Crippen molar-refractivity contribution in [1.82, 2.24) is 4.98 Å². The summed E-state index contributed by atoms with van der Waals surface area (Å²) in [6.07, 6.45) is 1.75. The number of rotatable bonds is 3. The second-order valence-corrected chi connectivity index (χ2v) is 6.37. The van der Waals surface area contributed by atoms with Crippen molar-refractivity contribution < 1.29 is 0 Å². The minimum absolute atomic E-state index is 0.212. The Balaban J connectivity index is 2.25. The Morgan fingerprint density at radius 2 is 1.75 bits per heavy atom. The summed E-state index contributed by atoms with van der Waals surface area (Å²) in [6.45, 7) is 8.59. The third-order valence-corrected chi connectivity index (χ3v) is 4.66. The Kier molecular flexibility index (Phi) is 4.71. The van der Waals surface area contributed by atoms with E-state index in [0.29, 0.717) is 5.15 Å². The number of halogens is 2. The molecule has 20 heavy (non-hydrogen) atoms. The number of aryl methyl sites for hydroxylation is 3. The van der Waals surface area contributed by atoms with Crippen LogP contribution >= 0.6 is 27.5 Å². The molecule has 0 fully saturated rings. The zero-order valence-corrected chi connectivity index (χ0v) is 14.4. The van der Waals surface area contributed by atoms with E-state index < -0.39 is 0 Å². The van der Waals surface area contributed by atoms with Gasteiger partial charge in [0.25, 0.3) is 0 Å². The smallest absolute Gasteiger partial charge is 0.143 e. The minimum Gasteiger partial charge on any atom is -0.377 e. The standard InChI is InChI=1S/C16H18BrClN2/c1-9-5-11(3)14(6-10(9)2)12(4)20-13-7-15(17)16(18)19-8-13/h5-8,12,20H,1-4H3. The summed E-state index contributed by atoms with van der Waals surface area (Å²) in [6, 6.07) is 6.64. The van der Waals surface area contributed by atoms with Gasteiger partial charge >= 0.3 is 0 Å². The molecule has 0 radical (unpaired) electrons. The highest BCUT2D eigenvalue weighted by atomic mass is 79.9. The van der Waals surface area contributed by atoms with Crippen molar-refractivity contribution in [3.8, 4) is 0 Å². The van der Waals surface area contributed by atoms with E-state index in [1.54, 1.807) is 6.20 Å². The zero-order valence-electron chi connectivity index (χ0n) is 12.1. The molecule has 0 amide bonds. The zero-order chi connectivity index (χ0) is 14.9. The predicted octanol–water partition coefficient (Wildman–Crippen LogP) is 5.60. The Hall–Kier alpha value is -1.06. The first-order valence-electron chi connectivity index (χ1n) is 6.54. The molecule has 1 aromatic heterocycles. The molecule has 1 unspecified atom stereocenters. The molecule has 1 heterocycles. The monoisotopic (exact) mass is 352 g/mol. The molecular weight excluding hydrogens is 336 g/mol. The first kappa shape index (κ1) is 15.3. The lowest BCUT2D eigenvalue weighted by Crippen LogP contribution is -2.09. The molecule has 0 aliphatic rings. The van der Waals surface area contributed by atoms with Crippen LogP contribution in [-0.4, -0.2) is 4.98 Å². The van der Waals surface area contributed by atoms with Gasteiger partial charge < -0.3 is 5.32 Å². The summed E-state index contributed by atoms with van der Waals surface area (Å²) in [5.41, 5.74) is 6.20. The van der Waals surface area contributed by atoms with Crippen LogP contribution in [0, 0.1) is 20.8 Å². The van der Waals surface area contributed by atoms with Gasteiger partial charge in [-0.05, 0) is 71.9 Å². The van der Waals surface area contributed by atoms with Crippen LogP contribution in [-0.2, 0) is 0 Å². The van der Waals surface area contributed by atoms with E-state index in [0.717, 1.165) is 10.2 Å². The Labute approximate surface area is 133 Å². The van der Waals surface area contributed by atoms with Crippen molar-refractivity contribution in [3.05, 3.63) is 56.3 Å². The molecule has 0 saturated heterocycles. The number of aromatic nitrogens is 1. The first-order valence-corrected chi connectivity index (χ1v) is 7.71. The van der Waals surface area contributed by atoms with Gasteiger partial charge in [-0.15, -0.1) is 0 Å². The van der Waals surface area contributed by atoms with Crippen LogP contribution in [0.3, 0.4) is 0 Å². The maximum Gasteiger partial charge on any atom is 0.143 e. The first-order chi connectivity index (χ1) is 9.38. The van der Waals surface area contributed by atoms with E-state index in [4.69, 9.17) is 11.6 Å². The molecule has 2 nitrogen and oxygen atoms in total. The minimum atomic E-state index is 0.212. The number of anilines is 1. The summed E-state index contributed by atoms with van der Waals surface area (Å²) in [4.78, 5) is 4.14. The molecule has 0 spiro atoms. The Morgan fingerprint density at radius 1 is 1.10 bits per heavy atom. The van der Waals surface area contributed by atoms with Crippen LogP contribution in [0.25, 0.3) is 0 Å². The lowest BCUT2D eigenvalue weighted by molar-refractivity contribution is 0.868. The molecular formula is C16H18BrClN2. The van der Waals surface area contributed by atoms with Gasteiger partial charge in [0.1, 0.15) is 5.15 Å². The van der Waals surface area contributed by atoms with E-state index in [-0.39, 0.29) is 6.04 Å². The highest BCUT2D eigenvalue weighted by Gasteiger charge is 2.11. The van der Waals surface area contributed by atoms with E-state index in [9.17, 15) is 0 Å². The van der Waals surface area contributed by atoms with Gasteiger partial charge in [-0.1, -0.05) is 23.7 Å². The highest BCUT2D eigenvalue weighted by molar-refractivity contribution is 9.10. The van der Waals surface area contributed by atoms with Crippen LogP contribution in [0.15, 0.2) is 28.9 Å². The van der Waals surface area contributed by atoms with Crippen LogP contribution in [0.1, 0.15) is 35.2 Å². The fourth-order valence-corrected chi connectivity index (χ4v) is 2.73. The average Bonchev–Trinajstić information content (AvgIpc) is 2.38. The van der Waals surface area contributed by atoms with Gasteiger partial charge in [-0.2, -0.15) is 0 Å². The quantitative estimate of drug-likeness (QED) is 0.727. The van der Waals surface area contributed by atoms with Crippen molar-refractivity contribution >= 4 is 33.2 Å². The Bertz CT molecular complexity index is 641. The summed E-state index contributed by atoms with van der Waals surface area (Å²) < 4.78 is 0.799. The predicted molar refractivity (Wildman–Crippen MR) is 89.6 cm³/mol. The number of nitrogens with zero attached hydrogens (tertiary/aromatic N) is 1. The van der Waals surface area contributed by atoms with Crippen LogP contribution < -0.4 is 5.32 Å². The number of hydrogen-bond acceptors (Lipinski definition) is 2. The molecule has 2 rings (SSSR count). The van der Waals surface area contributed by atoms with E-state index in [1.807, 2.05) is 6.07 Å². The van der Waals surface area contributed by atoms with Gasteiger partial charge in [0, 0.05) is 6.04 Å². The second-order valence-electron chi connectivity index (χ2n) is 5.16. The largest absolute Gasteiger partial charge is 0.377 e. The van der Waals surface area contributed by atoms with Crippen LogP contribution in [0.2, 0.25) is 5.15 Å². The topological polar surface area (TPSA) is 24.9 Å². The van der Waals surface area contributed by atoms with Gasteiger partial charge in [0.15, 0.2) is 0 Å². The molecule has 1 N–H and O–H groups in total. The van der Waals surface area contributed by atoms with Gasteiger partial charge in [0.05, 0.1) is 16.4 Å². The number of benzene rings is 1. The maximum absolute atomic E-state index is 5.91. The lowest BCUT2D eigenvalue weighted by Gasteiger charge is -2.19. The molecule has 4 heteroatoms. The summed E-state index contributed by atoms with van der Waals surface area (Å²) in [5, 5.41) is 3.94. The number of nitrogens with one attached hydrogen (secondary N) is 1. The molecule has 106 valence electrons. The fraction of sp³-hybridized carbons (Fsp3) is 0.312. The van der Waals surface area contributed by atoms with Crippen LogP contribution in [0.4, 0.5) is 5.69 Å². The fourth-order valence-electron chi connectivity index (χ4n) is 2.28. The molecule has 0 bridgehead atoms. The van der Waals surface area contributed by atoms with E-state index >= 15 is 0 Å². The van der Waals surface area contributed by atoms with E-state index in [1.165, 1.54) is 22.3 Å². The Morgan fingerprint density at radius 3 is 2.40 bits per heavy atom. The van der Waals surface area contributed by atoms with Crippen LogP contribution in [0.5, 0.6) is 0 Å². The number of hydrogen-bond donors (Lipinski definition) is 1. The maximum atomic E-state index is 5.91. The van der Waals surface area contributed by atoms with Crippen molar-refractivity contribution in [2.75, 3.05) is 5.32 Å². The summed E-state index contributed by atoms with van der Waals surface area (Å²) >= 11 is 9.31. The normalized spacial score (nSPS) is 12.3.